The third kappa shape index (κ3) is 4.33. The first kappa shape index (κ1) is 18.2. The maximum absolute atomic E-state index is 12.6. The van der Waals surface area contributed by atoms with Crippen LogP contribution in [0, 0.1) is 11.3 Å². The van der Waals surface area contributed by atoms with Crippen LogP contribution < -0.4 is 4.74 Å². The lowest BCUT2D eigenvalue weighted by Crippen LogP contribution is -2.07. The number of rotatable bonds is 7. The van der Waals surface area contributed by atoms with E-state index in [1.165, 1.54) is 0 Å². The van der Waals surface area contributed by atoms with Crippen molar-refractivity contribution in [3.05, 3.63) is 66.4 Å². The molecule has 0 N–H and O–H groups in total. The molecule has 2 aromatic carbocycles. The molecule has 0 spiro atoms. The predicted molar refractivity (Wildman–Crippen MR) is 101 cm³/mol. The summed E-state index contributed by atoms with van der Waals surface area (Å²) in [6.45, 7) is 0.199. The Morgan fingerprint density at radius 1 is 1.15 bits per heavy atom. The molecule has 0 radical (unpaired) electrons. The molecular weight excluding hydrogens is 342 g/mol. The number of carbonyl (C=O) groups is 1. The van der Waals surface area contributed by atoms with E-state index in [4.69, 9.17) is 14.7 Å². The minimum Gasteiger partial charge on any atom is -0.497 e. The molecule has 1 aromatic heterocycles. The fraction of sp³-hybridized carbons (Fsp3) is 0.190. The number of carbonyl (C=O) groups excluding carboxylic acids is 1. The number of hydrogen-bond donors (Lipinski definition) is 0. The summed E-state index contributed by atoms with van der Waals surface area (Å²) in [6, 6.07) is 18.9. The molecule has 6 heteroatoms. The zero-order valence-corrected chi connectivity index (χ0v) is 15.0. The molecule has 6 nitrogen and oxygen atoms in total. The number of ether oxygens (including phenoxy) is 2. The Labute approximate surface area is 157 Å². The first-order valence-electron chi connectivity index (χ1n) is 8.56. The molecule has 27 heavy (non-hydrogen) atoms. The van der Waals surface area contributed by atoms with Crippen LogP contribution in [0.25, 0.3) is 16.9 Å². The van der Waals surface area contributed by atoms with Crippen molar-refractivity contribution in [1.82, 2.24) is 9.78 Å². The van der Waals surface area contributed by atoms with Gasteiger partial charge in [0.05, 0.1) is 25.5 Å². The third-order valence-corrected chi connectivity index (χ3v) is 3.98. The number of nitriles is 1. The maximum atomic E-state index is 12.6. The van der Waals surface area contributed by atoms with E-state index >= 15 is 0 Å². The van der Waals surface area contributed by atoms with Crippen molar-refractivity contribution in [2.75, 3.05) is 13.7 Å². The SMILES string of the molecule is COc1ccc(-c2nn(-c3ccccc3)cc2C(=O)OCCCC#N)cc1. The molecule has 0 bridgehead atoms. The standard InChI is InChI=1S/C21H19N3O3/c1-26-18-11-9-16(10-12-18)20-19(21(25)27-14-6-5-13-22)15-24(23-20)17-7-3-2-4-8-17/h2-4,7-12,15H,5-6,14H2,1H3. The Balaban J connectivity index is 1.95. The molecule has 0 saturated heterocycles. The quantitative estimate of drug-likeness (QED) is 0.469. The van der Waals surface area contributed by atoms with Crippen molar-refractivity contribution in [2.24, 2.45) is 0 Å². The summed E-state index contributed by atoms with van der Waals surface area (Å²) >= 11 is 0. The topological polar surface area (TPSA) is 77.1 Å². The van der Waals surface area contributed by atoms with Crippen molar-refractivity contribution in [2.45, 2.75) is 12.8 Å². The predicted octanol–water partition coefficient (Wildman–Crippen LogP) is 4.01. The fourth-order valence-corrected chi connectivity index (χ4v) is 2.59. The van der Waals surface area contributed by atoms with E-state index in [0.717, 1.165) is 17.0 Å². The Hall–Kier alpha value is -3.59. The number of hydrogen-bond acceptors (Lipinski definition) is 5. The van der Waals surface area contributed by atoms with Gasteiger partial charge in [-0.3, -0.25) is 0 Å². The van der Waals surface area contributed by atoms with Crippen molar-refractivity contribution in [3.8, 4) is 28.8 Å². The number of nitrogens with zero attached hydrogens (tertiary/aromatic N) is 3. The van der Waals surface area contributed by atoms with Crippen molar-refractivity contribution in [3.63, 3.8) is 0 Å². The minimum absolute atomic E-state index is 0.199. The van der Waals surface area contributed by atoms with Crippen LogP contribution in [-0.4, -0.2) is 29.5 Å². The van der Waals surface area contributed by atoms with Crippen LogP contribution >= 0.6 is 0 Å². The van der Waals surface area contributed by atoms with Gasteiger partial charge in [0.2, 0.25) is 0 Å². The Morgan fingerprint density at radius 2 is 1.89 bits per heavy atom. The summed E-state index contributed by atoms with van der Waals surface area (Å²) in [5.41, 5.74) is 2.54. The van der Waals surface area contributed by atoms with Crippen LogP contribution in [0.2, 0.25) is 0 Å². The highest BCUT2D eigenvalue weighted by Crippen LogP contribution is 2.26. The molecule has 1 heterocycles. The van der Waals surface area contributed by atoms with Gasteiger partial charge in [0.15, 0.2) is 0 Å². The average molecular weight is 361 g/mol. The van der Waals surface area contributed by atoms with E-state index in [0.29, 0.717) is 24.1 Å². The van der Waals surface area contributed by atoms with Gasteiger partial charge >= 0.3 is 5.97 Å². The van der Waals surface area contributed by atoms with Gasteiger partial charge in [-0.25, -0.2) is 9.48 Å². The summed E-state index contributed by atoms with van der Waals surface area (Å²) in [7, 11) is 1.60. The summed E-state index contributed by atoms with van der Waals surface area (Å²) in [6.07, 6.45) is 2.52. The highest BCUT2D eigenvalue weighted by Gasteiger charge is 2.20. The van der Waals surface area contributed by atoms with Crippen LogP contribution in [0.3, 0.4) is 0 Å². The largest absolute Gasteiger partial charge is 0.497 e. The van der Waals surface area contributed by atoms with E-state index in [1.807, 2.05) is 60.7 Å². The molecule has 0 aliphatic rings. The Morgan fingerprint density at radius 3 is 2.56 bits per heavy atom. The minimum atomic E-state index is -0.457. The van der Waals surface area contributed by atoms with E-state index in [-0.39, 0.29) is 6.61 Å². The molecule has 0 unspecified atom stereocenters. The van der Waals surface area contributed by atoms with Gasteiger partial charge in [-0.2, -0.15) is 10.4 Å². The monoisotopic (exact) mass is 361 g/mol. The van der Waals surface area contributed by atoms with Crippen LogP contribution in [0.5, 0.6) is 5.75 Å². The molecule has 0 atom stereocenters. The van der Waals surface area contributed by atoms with Crippen LogP contribution in [0.15, 0.2) is 60.8 Å². The molecule has 136 valence electrons. The molecule has 3 aromatic rings. The zero-order valence-electron chi connectivity index (χ0n) is 15.0. The lowest BCUT2D eigenvalue weighted by atomic mass is 10.1. The van der Waals surface area contributed by atoms with Gasteiger partial charge in [-0.05, 0) is 42.8 Å². The van der Waals surface area contributed by atoms with Gasteiger partial charge in [0.25, 0.3) is 0 Å². The molecule has 0 aliphatic carbocycles. The highest BCUT2D eigenvalue weighted by atomic mass is 16.5. The van der Waals surface area contributed by atoms with Gasteiger partial charge in [-0.15, -0.1) is 0 Å². The molecule has 0 saturated carbocycles. The number of esters is 1. The van der Waals surface area contributed by atoms with Gasteiger partial charge < -0.3 is 9.47 Å². The second-order valence-corrected chi connectivity index (χ2v) is 5.80. The highest BCUT2D eigenvalue weighted by molar-refractivity contribution is 5.96. The summed E-state index contributed by atoms with van der Waals surface area (Å²) in [5, 5.41) is 13.2. The molecule has 0 amide bonds. The lowest BCUT2D eigenvalue weighted by molar-refractivity contribution is 0.0502. The fourth-order valence-electron chi connectivity index (χ4n) is 2.59. The second kappa shape index (κ2) is 8.68. The van der Waals surface area contributed by atoms with Crippen molar-refractivity contribution < 1.29 is 14.3 Å². The van der Waals surface area contributed by atoms with E-state index in [9.17, 15) is 4.79 Å². The van der Waals surface area contributed by atoms with Gasteiger partial charge in [-0.1, -0.05) is 18.2 Å². The molecule has 0 fully saturated rings. The number of para-hydroxylation sites is 1. The first-order valence-corrected chi connectivity index (χ1v) is 8.56. The average Bonchev–Trinajstić information content (AvgIpc) is 3.17. The molecule has 3 rings (SSSR count). The van der Waals surface area contributed by atoms with Gasteiger partial charge in [0, 0.05) is 18.2 Å². The van der Waals surface area contributed by atoms with E-state index < -0.39 is 5.97 Å². The number of unbranched alkanes of at least 4 members (excludes halogenated alkanes) is 1. The molecule has 0 aliphatic heterocycles. The summed E-state index contributed by atoms with van der Waals surface area (Å²) < 4.78 is 12.2. The maximum Gasteiger partial charge on any atom is 0.342 e. The van der Waals surface area contributed by atoms with Crippen molar-refractivity contribution >= 4 is 5.97 Å². The number of aromatic nitrogens is 2. The second-order valence-electron chi connectivity index (χ2n) is 5.80. The van der Waals surface area contributed by atoms with Crippen molar-refractivity contribution in [1.29, 1.82) is 5.26 Å². The van der Waals surface area contributed by atoms with Gasteiger partial charge in [0.1, 0.15) is 17.0 Å². The molecular formula is C21H19N3O3. The summed E-state index contributed by atoms with van der Waals surface area (Å²) in [5.74, 6) is 0.266. The lowest BCUT2D eigenvalue weighted by Gasteiger charge is -2.05. The first-order chi connectivity index (χ1) is 13.2. The van der Waals surface area contributed by atoms with Crippen LogP contribution in [0.1, 0.15) is 23.2 Å². The summed E-state index contributed by atoms with van der Waals surface area (Å²) in [4.78, 5) is 12.6. The Bertz CT molecular complexity index is 941. The number of benzene rings is 2. The van der Waals surface area contributed by atoms with E-state index in [1.54, 1.807) is 18.0 Å². The smallest absolute Gasteiger partial charge is 0.342 e. The normalized spacial score (nSPS) is 10.2. The third-order valence-electron chi connectivity index (χ3n) is 3.98. The zero-order chi connectivity index (χ0) is 19.1. The number of methoxy groups -OCH3 is 1. The van der Waals surface area contributed by atoms with Crippen LogP contribution in [0.4, 0.5) is 0 Å². The Kier molecular flexibility index (Phi) is 5.85. The van der Waals surface area contributed by atoms with Crippen LogP contribution in [-0.2, 0) is 4.74 Å². The van der Waals surface area contributed by atoms with E-state index in [2.05, 4.69) is 5.10 Å².